The molecule has 0 amide bonds. The van der Waals surface area contributed by atoms with Crippen LogP contribution >= 0.6 is 0 Å². The summed E-state index contributed by atoms with van der Waals surface area (Å²) in [5.41, 5.74) is 6.42. The quantitative estimate of drug-likeness (QED) is 0.297. The molecule has 1 rings (SSSR count). The lowest BCUT2D eigenvalue weighted by molar-refractivity contribution is 0.150. The number of ether oxygens (including phenoxy) is 1. The van der Waals surface area contributed by atoms with Gasteiger partial charge in [-0.1, -0.05) is 31.1 Å². The number of amidine groups is 1. The van der Waals surface area contributed by atoms with Crippen LogP contribution in [0.1, 0.15) is 31.4 Å². The Labute approximate surface area is 125 Å². The molecule has 0 radical (unpaired) electrons. The lowest BCUT2D eigenvalue weighted by Crippen LogP contribution is -2.30. The van der Waals surface area contributed by atoms with Crippen LogP contribution in [-0.4, -0.2) is 31.3 Å². The van der Waals surface area contributed by atoms with Gasteiger partial charge in [0.15, 0.2) is 5.84 Å². The van der Waals surface area contributed by atoms with Gasteiger partial charge in [0.05, 0.1) is 0 Å². The number of methoxy groups -OCH3 is 1. The topological polar surface area (TPSA) is 79.9 Å². The highest BCUT2D eigenvalue weighted by atomic mass is 19.1. The minimum atomic E-state index is -0.374. The smallest absolute Gasteiger partial charge is 0.170 e. The Bertz CT molecular complexity index is 490. The van der Waals surface area contributed by atoms with Crippen molar-refractivity contribution in [3.63, 3.8) is 0 Å². The monoisotopic (exact) mass is 297 g/mol. The number of benzene rings is 1. The van der Waals surface area contributed by atoms with E-state index < -0.39 is 0 Å². The maximum Gasteiger partial charge on any atom is 0.170 e. The molecule has 0 saturated heterocycles. The standard InChI is InChI=1S/C15H24FN3O2/c1-15(2,6-7-21-3)10-18-9-12-5-4-11(8-13(12)16)14(17)19-20/h4-5,8,18,20H,6-7,9-10H2,1-3H3,(H2,17,19). The molecule has 4 N–H and O–H groups in total. The summed E-state index contributed by atoms with van der Waals surface area (Å²) in [6, 6.07) is 4.53. The number of nitrogens with zero attached hydrogens (tertiary/aromatic N) is 1. The van der Waals surface area contributed by atoms with E-state index in [-0.39, 0.29) is 17.1 Å². The second kappa shape index (κ2) is 7.95. The zero-order valence-corrected chi connectivity index (χ0v) is 12.8. The number of oxime groups is 1. The molecule has 0 heterocycles. The van der Waals surface area contributed by atoms with Crippen molar-refractivity contribution in [1.82, 2.24) is 5.32 Å². The first-order valence-electron chi connectivity index (χ1n) is 6.85. The minimum Gasteiger partial charge on any atom is -0.409 e. The lowest BCUT2D eigenvalue weighted by Gasteiger charge is -2.24. The number of nitrogens with one attached hydrogen (secondary N) is 1. The van der Waals surface area contributed by atoms with Crippen LogP contribution in [0.5, 0.6) is 0 Å². The molecule has 0 saturated carbocycles. The van der Waals surface area contributed by atoms with E-state index in [4.69, 9.17) is 15.7 Å². The molecule has 0 aliphatic heterocycles. The van der Waals surface area contributed by atoms with Crippen molar-refractivity contribution in [2.75, 3.05) is 20.3 Å². The fourth-order valence-corrected chi connectivity index (χ4v) is 1.91. The molecule has 0 aromatic heterocycles. The van der Waals surface area contributed by atoms with Crippen molar-refractivity contribution in [2.45, 2.75) is 26.8 Å². The van der Waals surface area contributed by atoms with Crippen LogP contribution in [0, 0.1) is 11.2 Å². The van der Waals surface area contributed by atoms with Crippen molar-refractivity contribution in [1.29, 1.82) is 0 Å². The molecule has 0 unspecified atom stereocenters. The summed E-state index contributed by atoms with van der Waals surface area (Å²) in [6.07, 6.45) is 0.932. The Morgan fingerprint density at radius 2 is 2.19 bits per heavy atom. The van der Waals surface area contributed by atoms with Gasteiger partial charge in [-0.15, -0.1) is 0 Å². The summed E-state index contributed by atoms with van der Waals surface area (Å²) in [7, 11) is 1.68. The molecule has 0 bridgehead atoms. The molecular formula is C15H24FN3O2. The van der Waals surface area contributed by atoms with Gasteiger partial charge in [0, 0.05) is 37.9 Å². The van der Waals surface area contributed by atoms with Crippen molar-refractivity contribution in [3.8, 4) is 0 Å². The molecule has 1 aromatic rings. The molecule has 0 aliphatic rings. The van der Waals surface area contributed by atoms with Crippen LogP contribution in [0.25, 0.3) is 0 Å². The third-order valence-corrected chi connectivity index (χ3v) is 3.36. The van der Waals surface area contributed by atoms with Gasteiger partial charge in [0.1, 0.15) is 5.82 Å². The summed E-state index contributed by atoms with van der Waals surface area (Å²) in [5, 5.41) is 14.7. The van der Waals surface area contributed by atoms with E-state index in [0.717, 1.165) is 13.0 Å². The van der Waals surface area contributed by atoms with Gasteiger partial charge in [-0.25, -0.2) is 4.39 Å². The van der Waals surface area contributed by atoms with E-state index in [1.807, 2.05) is 0 Å². The highest BCUT2D eigenvalue weighted by molar-refractivity contribution is 5.97. The Kier molecular flexibility index (Phi) is 6.58. The van der Waals surface area contributed by atoms with Gasteiger partial charge in [-0.2, -0.15) is 0 Å². The summed E-state index contributed by atoms with van der Waals surface area (Å²) in [6.45, 7) is 6.17. The second-order valence-corrected chi connectivity index (χ2v) is 5.80. The molecule has 21 heavy (non-hydrogen) atoms. The highest BCUT2D eigenvalue weighted by Gasteiger charge is 2.17. The third kappa shape index (κ3) is 5.69. The first-order valence-corrected chi connectivity index (χ1v) is 6.85. The number of halogens is 1. The highest BCUT2D eigenvalue weighted by Crippen LogP contribution is 2.19. The van der Waals surface area contributed by atoms with Gasteiger partial charge >= 0.3 is 0 Å². The summed E-state index contributed by atoms with van der Waals surface area (Å²) >= 11 is 0. The van der Waals surface area contributed by atoms with Gasteiger partial charge in [-0.05, 0) is 17.9 Å². The van der Waals surface area contributed by atoms with Crippen LogP contribution in [0.15, 0.2) is 23.4 Å². The van der Waals surface area contributed by atoms with Crippen LogP contribution in [0.4, 0.5) is 4.39 Å². The van der Waals surface area contributed by atoms with E-state index in [2.05, 4.69) is 24.3 Å². The van der Waals surface area contributed by atoms with Crippen molar-refractivity contribution in [2.24, 2.45) is 16.3 Å². The molecule has 0 spiro atoms. The van der Waals surface area contributed by atoms with E-state index >= 15 is 0 Å². The van der Waals surface area contributed by atoms with E-state index in [0.29, 0.717) is 24.3 Å². The van der Waals surface area contributed by atoms with Gasteiger partial charge in [0.2, 0.25) is 0 Å². The van der Waals surface area contributed by atoms with Gasteiger partial charge in [0.25, 0.3) is 0 Å². The largest absolute Gasteiger partial charge is 0.409 e. The minimum absolute atomic E-state index is 0.0837. The molecule has 6 heteroatoms. The predicted octanol–water partition coefficient (Wildman–Crippen LogP) is 2.07. The Balaban J connectivity index is 2.56. The van der Waals surface area contributed by atoms with Crippen molar-refractivity contribution < 1.29 is 14.3 Å². The molecule has 0 atom stereocenters. The Morgan fingerprint density at radius 3 is 2.76 bits per heavy atom. The number of rotatable bonds is 8. The van der Waals surface area contributed by atoms with Crippen LogP contribution in [0.2, 0.25) is 0 Å². The van der Waals surface area contributed by atoms with Gasteiger partial charge < -0.3 is 21.0 Å². The second-order valence-electron chi connectivity index (χ2n) is 5.80. The molecule has 0 aliphatic carbocycles. The first-order chi connectivity index (χ1) is 9.89. The predicted molar refractivity (Wildman–Crippen MR) is 80.9 cm³/mol. The summed E-state index contributed by atoms with van der Waals surface area (Å²) in [4.78, 5) is 0. The summed E-state index contributed by atoms with van der Waals surface area (Å²) in [5.74, 6) is -0.476. The normalized spacial score (nSPS) is 12.7. The zero-order chi connectivity index (χ0) is 15.9. The fraction of sp³-hybridized carbons (Fsp3) is 0.533. The SMILES string of the molecule is COCCC(C)(C)CNCc1ccc(/C(N)=N/O)cc1F. The number of nitrogens with two attached hydrogens (primary N) is 1. The third-order valence-electron chi connectivity index (χ3n) is 3.36. The molecule has 0 fully saturated rings. The maximum absolute atomic E-state index is 13.9. The average Bonchev–Trinajstić information content (AvgIpc) is 2.46. The molecule has 5 nitrogen and oxygen atoms in total. The fourth-order valence-electron chi connectivity index (χ4n) is 1.91. The average molecular weight is 297 g/mol. The van der Waals surface area contributed by atoms with Crippen LogP contribution < -0.4 is 11.1 Å². The molecule has 1 aromatic carbocycles. The lowest BCUT2D eigenvalue weighted by atomic mass is 9.89. The Hall–Kier alpha value is -1.66. The van der Waals surface area contributed by atoms with E-state index in [1.54, 1.807) is 19.2 Å². The molecule has 118 valence electrons. The maximum atomic E-state index is 13.9. The van der Waals surface area contributed by atoms with Crippen molar-refractivity contribution in [3.05, 3.63) is 35.1 Å². The Morgan fingerprint density at radius 1 is 1.48 bits per heavy atom. The number of hydrogen-bond acceptors (Lipinski definition) is 4. The number of hydrogen-bond donors (Lipinski definition) is 3. The first kappa shape index (κ1) is 17.4. The molecular weight excluding hydrogens is 273 g/mol. The van der Waals surface area contributed by atoms with E-state index in [9.17, 15) is 4.39 Å². The van der Waals surface area contributed by atoms with Gasteiger partial charge in [-0.3, -0.25) is 0 Å². The van der Waals surface area contributed by atoms with Crippen molar-refractivity contribution >= 4 is 5.84 Å². The van der Waals surface area contributed by atoms with E-state index in [1.165, 1.54) is 6.07 Å². The van der Waals surface area contributed by atoms with Crippen LogP contribution in [0.3, 0.4) is 0 Å². The summed E-state index contributed by atoms with van der Waals surface area (Å²) < 4.78 is 19.0. The van der Waals surface area contributed by atoms with Crippen LogP contribution in [-0.2, 0) is 11.3 Å². The zero-order valence-electron chi connectivity index (χ0n) is 12.8.